The highest BCUT2D eigenvalue weighted by atomic mass is 32.2. The molecule has 0 bridgehead atoms. The summed E-state index contributed by atoms with van der Waals surface area (Å²) in [4.78, 5) is 2.46. The van der Waals surface area contributed by atoms with E-state index in [9.17, 15) is 8.42 Å². The molecule has 0 amide bonds. The summed E-state index contributed by atoms with van der Waals surface area (Å²) < 4.78 is 28.5. The van der Waals surface area contributed by atoms with Crippen molar-refractivity contribution >= 4 is 10.0 Å². The van der Waals surface area contributed by atoms with Gasteiger partial charge in [0.05, 0.1) is 4.90 Å². The first-order valence-corrected chi connectivity index (χ1v) is 9.97. The van der Waals surface area contributed by atoms with E-state index in [1.807, 2.05) is 65.2 Å². The van der Waals surface area contributed by atoms with Crippen LogP contribution in [0, 0.1) is 20.8 Å². The van der Waals surface area contributed by atoms with Gasteiger partial charge >= 0.3 is 0 Å². The summed E-state index contributed by atoms with van der Waals surface area (Å²) in [6, 6.07) is 14.0. The van der Waals surface area contributed by atoms with Crippen LogP contribution in [0.5, 0.6) is 0 Å². The van der Waals surface area contributed by atoms with E-state index in [1.54, 1.807) is 0 Å². The third-order valence-electron chi connectivity index (χ3n) is 4.43. The van der Waals surface area contributed by atoms with Gasteiger partial charge in [0, 0.05) is 12.6 Å². The van der Waals surface area contributed by atoms with Crippen molar-refractivity contribution in [3.63, 3.8) is 0 Å². The van der Waals surface area contributed by atoms with Gasteiger partial charge in [0.2, 0.25) is 10.0 Å². The summed E-state index contributed by atoms with van der Waals surface area (Å²) in [5.74, 6) is 0. The van der Waals surface area contributed by atoms with Gasteiger partial charge in [-0.1, -0.05) is 48.0 Å². The zero-order chi connectivity index (χ0) is 18.6. The highest BCUT2D eigenvalue weighted by molar-refractivity contribution is 7.89. The molecule has 4 nitrogen and oxygen atoms in total. The van der Waals surface area contributed by atoms with Crippen LogP contribution in [0.2, 0.25) is 0 Å². The molecule has 5 heteroatoms. The fraction of sp³-hybridized carbons (Fsp3) is 0.400. The number of nitrogens with zero attached hydrogens (tertiary/aromatic N) is 1. The number of sulfonamides is 1. The first-order chi connectivity index (χ1) is 11.7. The van der Waals surface area contributed by atoms with Crippen LogP contribution in [-0.2, 0) is 16.4 Å². The summed E-state index contributed by atoms with van der Waals surface area (Å²) in [7, 11) is 0.417. The molecular formula is C20H28N2O2S. The van der Waals surface area contributed by atoms with Crippen LogP contribution >= 0.6 is 0 Å². The Morgan fingerprint density at radius 2 is 1.56 bits per heavy atom. The monoisotopic (exact) mass is 360 g/mol. The first kappa shape index (κ1) is 19.6. The molecular weight excluding hydrogens is 332 g/mol. The lowest BCUT2D eigenvalue weighted by molar-refractivity contribution is 0.291. The van der Waals surface area contributed by atoms with E-state index in [2.05, 4.69) is 21.8 Å². The predicted molar refractivity (Wildman–Crippen MR) is 103 cm³/mol. The van der Waals surface area contributed by atoms with E-state index < -0.39 is 10.0 Å². The fourth-order valence-electron chi connectivity index (χ4n) is 3.19. The molecule has 2 aromatic rings. The number of hydrogen-bond acceptors (Lipinski definition) is 3. The quantitative estimate of drug-likeness (QED) is 0.826. The molecule has 1 atom stereocenters. The topological polar surface area (TPSA) is 49.4 Å². The third-order valence-corrected chi connectivity index (χ3v) is 6.15. The summed E-state index contributed by atoms with van der Waals surface area (Å²) in [5.41, 5.74) is 3.84. The largest absolute Gasteiger partial charge is 0.305 e. The van der Waals surface area contributed by atoms with E-state index in [1.165, 1.54) is 5.56 Å². The van der Waals surface area contributed by atoms with Gasteiger partial charge in [-0.05, 0) is 58.0 Å². The summed E-state index contributed by atoms with van der Waals surface area (Å²) >= 11 is 0. The zero-order valence-electron chi connectivity index (χ0n) is 15.7. The SMILES string of the molecule is Cc1cc(C)c(S(=O)(=O)NCC(Cc2ccccc2)N(C)C)c(C)c1. The van der Waals surface area contributed by atoms with E-state index in [-0.39, 0.29) is 6.04 Å². The highest BCUT2D eigenvalue weighted by Crippen LogP contribution is 2.21. The Labute approximate surface area is 151 Å². The van der Waals surface area contributed by atoms with Crippen LogP contribution in [0.4, 0.5) is 0 Å². The molecule has 0 aliphatic carbocycles. The van der Waals surface area contributed by atoms with Crippen molar-refractivity contribution in [2.75, 3.05) is 20.6 Å². The van der Waals surface area contributed by atoms with Gasteiger partial charge in [0.15, 0.2) is 0 Å². The molecule has 0 aliphatic rings. The van der Waals surface area contributed by atoms with Gasteiger partial charge in [-0.25, -0.2) is 13.1 Å². The van der Waals surface area contributed by atoms with Gasteiger partial charge in [-0.2, -0.15) is 0 Å². The van der Waals surface area contributed by atoms with Crippen molar-refractivity contribution in [3.05, 3.63) is 64.7 Å². The van der Waals surface area contributed by atoms with Crippen LogP contribution in [0.25, 0.3) is 0 Å². The first-order valence-electron chi connectivity index (χ1n) is 8.48. The van der Waals surface area contributed by atoms with E-state index in [0.717, 1.165) is 23.1 Å². The van der Waals surface area contributed by atoms with Crippen molar-refractivity contribution in [2.24, 2.45) is 0 Å². The fourth-order valence-corrected chi connectivity index (χ4v) is 4.71. The van der Waals surface area contributed by atoms with Gasteiger partial charge in [0.25, 0.3) is 0 Å². The maximum Gasteiger partial charge on any atom is 0.241 e. The third kappa shape index (κ3) is 5.14. The molecule has 0 saturated heterocycles. The van der Waals surface area contributed by atoms with Crippen LogP contribution in [0.15, 0.2) is 47.4 Å². The molecule has 0 aliphatic heterocycles. The number of hydrogen-bond donors (Lipinski definition) is 1. The molecule has 136 valence electrons. The Morgan fingerprint density at radius 3 is 2.08 bits per heavy atom. The Balaban J connectivity index is 2.17. The van der Waals surface area contributed by atoms with Crippen molar-refractivity contribution in [1.82, 2.24) is 9.62 Å². The second kappa shape index (κ2) is 8.13. The van der Waals surface area contributed by atoms with Gasteiger partial charge in [-0.3, -0.25) is 0 Å². The number of nitrogens with one attached hydrogen (secondary N) is 1. The number of aryl methyl sites for hydroxylation is 3. The minimum Gasteiger partial charge on any atom is -0.305 e. The molecule has 1 N–H and O–H groups in total. The van der Waals surface area contributed by atoms with Crippen molar-refractivity contribution in [2.45, 2.75) is 38.1 Å². The summed E-state index contributed by atoms with van der Waals surface area (Å²) in [6.45, 7) is 6.05. The van der Waals surface area contributed by atoms with Crippen molar-refractivity contribution < 1.29 is 8.42 Å². The standard InChI is InChI=1S/C20H28N2O2S/c1-15-11-16(2)20(17(3)12-15)25(23,24)21-14-19(22(4)5)13-18-9-7-6-8-10-18/h6-12,19,21H,13-14H2,1-5H3. The lowest BCUT2D eigenvalue weighted by Crippen LogP contribution is -2.41. The van der Waals surface area contributed by atoms with Crippen LogP contribution in [0.3, 0.4) is 0 Å². The van der Waals surface area contributed by atoms with Crippen LogP contribution in [0.1, 0.15) is 22.3 Å². The predicted octanol–water partition coefficient (Wildman–Crippen LogP) is 3.06. The second-order valence-electron chi connectivity index (χ2n) is 6.89. The van der Waals surface area contributed by atoms with Crippen LogP contribution < -0.4 is 4.72 Å². The maximum absolute atomic E-state index is 12.8. The molecule has 0 spiro atoms. The second-order valence-corrected chi connectivity index (χ2v) is 8.59. The van der Waals surface area contributed by atoms with E-state index >= 15 is 0 Å². The number of likely N-dealkylation sites (N-methyl/N-ethyl adjacent to an activating group) is 1. The summed E-state index contributed by atoms with van der Waals surface area (Å²) in [6.07, 6.45) is 0.794. The number of benzene rings is 2. The minimum atomic E-state index is -3.54. The average Bonchev–Trinajstić information content (AvgIpc) is 2.50. The highest BCUT2D eigenvalue weighted by Gasteiger charge is 2.22. The Morgan fingerprint density at radius 1 is 1.00 bits per heavy atom. The molecule has 2 aromatic carbocycles. The van der Waals surface area contributed by atoms with Crippen molar-refractivity contribution in [1.29, 1.82) is 0 Å². The van der Waals surface area contributed by atoms with Gasteiger partial charge in [-0.15, -0.1) is 0 Å². The van der Waals surface area contributed by atoms with Gasteiger partial charge < -0.3 is 4.90 Å². The van der Waals surface area contributed by atoms with Crippen LogP contribution in [-0.4, -0.2) is 40.0 Å². The van der Waals surface area contributed by atoms with E-state index in [0.29, 0.717) is 11.4 Å². The average molecular weight is 361 g/mol. The zero-order valence-corrected chi connectivity index (χ0v) is 16.5. The Kier molecular flexibility index (Phi) is 6.38. The lowest BCUT2D eigenvalue weighted by atomic mass is 10.1. The maximum atomic E-state index is 12.8. The van der Waals surface area contributed by atoms with E-state index in [4.69, 9.17) is 0 Å². The Bertz CT molecular complexity index is 792. The molecule has 0 aromatic heterocycles. The molecule has 1 unspecified atom stereocenters. The Hall–Kier alpha value is -1.69. The minimum absolute atomic E-state index is 0.0863. The summed E-state index contributed by atoms with van der Waals surface area (Å²) in [5, 5.41) is 0. The smallest absolute Gasteiger partial charge is 0.241 e. The molecule has 0 saturated carbocycles. The normalized spacial score (nSPS) is 13.2. The van der Waals surface area contributed by atoms with Gasteiger partial charge in [0.1, 0.15) is 0 Å². The lowest BCUT2D eigenvalue weighted by Gasteiger charge is -2.25. The molecule has 0 heterocycles. The molecule has 0 radical (unpaired) electrons. The number of rotatable bonds is 7. The molecule has 2 rings (SSSR count). The molecule has 25 heavy (non-hydrogen) atoms. The van der Waals surface area contributed by atoms with Crippen molar-refractivity contribution in [3.8, 4) is 0 Å². The molecule has 0 fully saturated rings.